The van der Waals surface area contributed by atoms with Gasteiger partial charge in [0.15, 0.2) is 23.0 Å². The fourth-order valence-electron chi connectivity index (χ4n) is 10.1. The molecule has 0 aliphatic carbocycles. The minimum absolute atomic E-state index is 0. The summed E-state index contributed by atoms with van der Waals surface area (Å²) in [6.07, 6.45) is 8.35. The lowest BCUT2D eigenvalue weighted by Gasteiger charge is -2.47. The number of fused-ring (bicyclic) bond motifs is 4. The van der Waals surface area contributed by atoms with Gasteiger partial charge in [-0.25, -0.2) is 0 Å². The summed E-state index contributed by atoms with van der Waals surface area (Å²) in [6.45, 7) is 6.93. The third-order valence-electron chi connectivity index (χ3n) is 13.1. The Morgan fingerprint density at radius 1 is 0.500 bits per heavy atom. The highest BCUT2D eigenvalue weighted by atomic mass is 79.9. The van der Waals surface area contributed by atoms with Crippen LogP contribution in [0, 0.1) is 0 Å². The maximum Gasteiger partial charge on any atom is 0.308 e. The van der Waals surface area contributed by atoms with Crippen LogP contribution in [0.5, 0.6) is 23.0 Å². The molecule has 0 spiro atoms. The van der Waals surface area contributed by atoms with E-state index in [-0.39, 0.29) is 93.9 Å². The molecule has 4 aliphatic rings. The van der Waals surface area contributed by atoms with Crippen molar-refractivity contribution in [3.05, 3.63) is 47.5 Å². The van der Waals surface area contributed by atoms with E-state index < -0.39 is 23.9 Å². The topological polar surface area (TPSA) is 158 Å². The fourth-order valence-corrected chi connectivity index (χ4v) is 10.1. The van der Waals surface area contributed by atoms with Crippen molar-refractivity contribution in [3.63, 3.8) is 0 Å². The van der Waals surface area contributed by atoms with Crippen molar-refractivity contribution in [2.45, 2.75) is 141 Å². The minimum atomic E-state index is -0.495. The number of hydrogen-bond donors (Lipinski definition) is 0. The summed E-state index contributed by atoms with van der Waals surface area (Å²) in [5.74, 6) is -1.85. The molecule has 16 heteroatoms. The first-order valence-electron chi connectivity index (χ1n) is 20.6. The molecular formula is C44H58Br2N2O12. The monoisotopic (exact) mass is 964 g/mol. The zero-order valence-corrected chi connectivity index (χ0v) is 38.5. The summed E-state index contributed by atoms with van der Waals surface area (Å²) in [6, 6.07) is 12.0. The molecule has 0 saturated carbocycles. The van der Waals surface area contributed by atoms with E-state index >= 15 is 0 Å². The summed E-state index contributed by atoms with van der Waals surface area (Å²) in [7, 11) is 4.54. The predicted octanol–water partition coefficient (Wildman–Crippen LogP) is -0.672. The van der Waals surface area contributed by atoms with E-state index in [0.717, 1.165) is 97.4 Å². The average Bonchev–Trinajstić information content (AvgIpc) is 3.37. The summed E-state index contributed by atoms with van der Waals surface area (Å²) in [5.41, 5.74) is 1.94. The lowest BCUT2D eigenvalue weighted by Crippen LogP contribution is -3.00. The Balaban J connectivity index is 0.00000397. The molecule has 0 aromatic heterocycles. The van der Waals surface area contributed by atoms with Gasteiger partial charge in [-0.05, 0) is 35.4 Å². The molecule has 0 radical (unpaired) electrons. The Bertz CT molecular complexity index is 1760. The van der Waals surface area contributed by atoms with Crippen molar-refractivity contribution in [1.82, 2.24) is 0 Å². The minimum Gasteiger partial charge on any atom is -1.00 e. The van der Waals surface area contributed by atoms with Crippen molar-refractivity contribution in [3.8, 4) is 23.0 Å². The number of hydrogen-bond acceptors (Lipinski definition) is 12. The highest BCUT2D eigenvalue weighted by Gasteiger charge is 2.53. The number of piperidine rings is 2. The number of carbonyl (C=O) groups excluding carboxylic acids is 6. The molecular weight excluding hydrogens is 908 g/mol. The largest absolute Gasteiger partial charge is 1.00 e. The van der Waals surface area contributed by atoms with Crippen LogP contribution in [-0.4, -0.2) is 108 Å². The number of likely N-dealkylation sites (N-methyl/N-ethyl adjacent to an activating group) is 2. The van der Waals surface area contributed by atoms with Crippen molar-refractivity contribution in [2.75, 3.05) is 27.2 Å². The molecule has 4 bridgehead atoms. The second-order valence-electron chi connectivity index (χ2n) is 17.0. The zero-order chi connectivity index (χ0) is 41.8. The molecule has 4 fully saturated rings. The Labute approximate surface area is 373 Å². The van der Waals surface area contributed by atoms with Crippen LogP contribution in [0.1, 0.15) is 103 Å². The van der Waals surface area contributed by atoms with Crippen LogP contribution in [0.25, 0.3) is 0 Å². The van der Waals surface area contributed by atoms with Crippen LogP contribution < -0.4 is 52.9 Å². The van der Waals surface area contributed by atoms with Crippen molar-refractivity contribution < 1.29 is 100 Å². The average molecular weight is 967 g/mol. The van der Waals surface area contributed by atoms with Gasteiger partial charge in [-0.2, -0.15) is 0 Å². The summed E-state index contributed by atoms with van der Waals surface area (Å²) in [5, 5.41) is 0. The van der Waals surface area contributed by atoms with Crippen LogP contribution in [-0.2, 0) is 51.1 Å². The van der Waals surface area contributed by atoms with Gasteiger partial charge in [0.2, 0.25) is 0 Å². The molecule has 2 aromatic carbocycles. The molecule has 4 unspecified atom stereocenters. The lowest BCUT2D eigenvalue weighted by molar-refractivity contribution is -0.949. The van der Waals surface area contributed by atoms with Crippen LogP contribution in [0.2, 0.25) is 0 Å². The maximum absolute atomic E-state index is 13.0. The highest BCUT2D eigenvalue weighted by molar-refractivity contribution is 5.78. The van der Waals surface area contributed by atoms with E-state index in [0.29, 0.717) is 24.2 Å². The smallest absolute Gasteiger partial charge is 0.308 e. The number of halogens is 2. The molecule has 0 amide bonds. The second kappa shape index (κ2) is 20.8. The van der Waals surface area contributed by atoms with Crippen molar-refractivity contribution >= 4 is 35.8 Å². The van der Waals surface area contributed by atoms with E-state index in [1.807, 2.05) is 12.1 Å². The van der Waals surface area contributed by atoms with Crippen LogP contribution in [0.4, 0.5) is 0 Å². The molecule has 6 rings (SSSR count). The first kappa shape index (κ1) is 48.8. The summed E-state index contributed by atoms with van der Waals surface area (Å²) < 4.78 is 34.7. The molecule has 14 nitrogen and oxygen atoms in total. The quantitative estimate of drug-likeness (QED) is 0.126. The molecule has 60 heavy (non-hydrogen) atoms. The number of quaternary nitrogens is 2. The third-order valence-corrected chi connectivity index (χ3v) is 13.1. The third kappa shape index (κ3) is 11.9. The van der Waals surface area contributed by atoms with Gasteiger partial charge in [0, 0.05) is 91.9 Å². The zero-order valence-electron chi connectivity index (χ0n) is 35.4. The molecule has 4 aliphatic heterocycles. The Kier molecular flexibility index (Phi) is 16.9. The van der Waals surface area contributed by atoms with Crippen molar-refractivity contribution in [2.24, 2.45) is 0 Å². The Morgan fingerprint density at radius 3 is 1.10 bits per heavy atom. The SMILES string of the molecule is CC(=O)Oc1ccc(CC[N+]2(C)C3CCC2CC(OC(=O)CCC(=O)OC2CC4CCC(C2)[N+]4(C)CCc2ccc(OC(C)=O)c(OC(C)=O)c2)C3)cc1OC(C)=O.[Br-].[Br-]. The Hall–Kier alpha value is -3.86. The first-order chi connectivity index (χ1) is 27.5. The maximum atomic E-state index is 13.0. The van der Waals surface area contributed by atoms with Gasteiger partial charge in [0.05, 0.1) is 64.2 Å². The lowest BCUT2D eigenvalue weighted by atomic mass is 9.95. The second-order valence-corrected chi connectivity index (χ2v) is 17.0. The van der Waals surface area contributed by atoms with Gasteiger partial charge in [-0.15, -0.1) is 0 Å². The molecule has 4 saturated heterocycles. The van der Waals surface area contributed by atoms with Gasteiger partial charge >= 0.3 is 35.8 Å². The van der Waals surface area contributed by atoms with Gasteiger partial charge in [0.25, 0.3) is 0 Å². The molecule has 4 atom stereocenters. The van der Waals surface area contributed by atoms with Gasteiger partial charge in [0.1, 0.15) is 12.2 Å². The van der Waals surface area contributed by atoms with E-state index in [9.17, 15) is 28.8 Å². The van der Waals surface area contributed by atoms with E-state index in [4.69, 9.17) is 28.4 Å². The van der Waals surface area contributed by atoms with E-state index in [1.54, 1.807) is 24.3 Å². The first-order valence-corrected chi connectivity index (χ1v) is 20.6. The predicted molar refractivity (Wildman–Crippen MR) is 209 cm³/mol. The number of carbonyl (C=O) groups is 6. The fraction of sp³-hybridized carbons (Fsp3) is 0.591. The van der Waals surface area contributed by atoms with Gasteiger partial charge in [-0.3, -0.25) is 28.8 Å². The highest BCUT2D eigenvalue weighted by Crippen LogP contribution is 2.44. The molecule has 2 aromatic rings. The van der Waals surface area contributed by atoms with Crippen LogP contribution in [0.15, 0.2) is 36.4 Å². The number of benzene rings is 2. The summed E-state index contributed by atoms with van der Waals surface area (Å²) >= 11 is 0. The number of rotatable bonds is 15. The van der Waals surface area contributed by atoms with E-state index in [1.165, 1.54) is 27.7 Å². The van der Waals surface area contributed by atoms with Crippen molar-refractivity contribution in [1.29, 1.82) is 0 Å². The molecule has 0 N–H and O–H groups in total. The van der Waals surface area contributed by atoms with Gasteiger partial charge < -0.3 is 71.4 Å². The Morgan fingerprint density at radius 2 is 0.800 bits per heavy atom. The normalized spacial score (nSPS) is 27.3. The van der Waals surface area contributed by atoms with Crippen LogP contribution >= 0.6 is 0 Å². The number of esters is 6. The van der Waals surface area contributed by atoms with Crippen LogP contribution in [0.3, 0.4) is 0 Å². The number of ether oxygens (including phenoxy) is 6. The number of nitrogens with zero attached hydrogens (tertiary/aromatic N) is 2. The summed E-state index contributed by atoms with van der Waals surface area (Å²) in [4.78, 5) is 72.4. The van der Waals surface area contributed by atoms with Gasteiger partial charge in [-0.1, -0.05) is 12.1 Å². The van der Waals surface area contributed by atoms with E-state index in [2.05, 4.69) is 14.1 Å². The standard InChI is InChI=1S/C44H58N2O12.2BrH/c1-27(47)53-39-13-7-31(21-41(39)55-29(3)49)17-19-45(5)33-9-10-34(45)24-37(23-33)57-43(51)15-16-44(52)58-38-25-35-11-12-36(26-38)46(35,6)20-18-32-8-14-40(54-28(2)48)42(22-32)56-30(4)50;;/h7-8,13-14,21-22,33-38H,9-12,15-20,23-26H2,1-6H3;2*1H/q+2;;/p-2. The molecule has 330 valence electrons. The molecule has 4 heterocycles.